The number of hydrogen-bond acceptors (Lipinski definition) is 7. The minimum atomic E-state index is -1.30. The summed E-state index contributed by atoms with van der Waals surface area (Å²) in [4.78, 5) is 52.1. The van der Waals surface area contributed by atoms with Gasteiger partial charge < -0.3 is 21.5 Å². The van der Waals surface area contributed by atoms with Crippen molar-refractivity contribution in [2.45, 2.75) is 50.8 Å². The Morgan fingerprint density at radius 1 is 1.26 bits per heavy atom. The molecule has 10 nitrogen and oxygen atoms in total. The first-order chi connectivity index (χ1) is 17.8. The van der Waals surface area contributed by atoms with Crippen molar-refractivity contribution in [2.24, 2.45) is 17.4 Å². The highest BCUT2D eigenvalue weighted by molar-refractivity contribution is 5.97. The molecule has 4 atom stereocenters. The molecule has 2 aliphatic heterocycles. The van der Waals surface area contributed by atoms with Crippen LogP contribution in [0, 0.1) is 11.7 Å². The number of Topliss-reactive ketones (excluding diaryl/α,β-unsaturated/α-hetero) is 1. The Bertz CT molecular complexity index is 1240. The number of likely N-dealkylation sites (tertiary alicyclic amines) is 1. The standard InChI is InChI=1S/C27H34FN5O5/c1-15(29)18-5-7-22(24(30)36)27(10-18,16(2)34)32-13-26(4,14-32)21-8-6-19(9-23(21)28)33-12-20(38-25(33)37)11-31-17(3)35/h5-10,15,20,22H,11-14,29H2,1-4H3,(H2,30,36)(H,31,35)/t15?,20-,22?,27?/m0/s1. The number of amides is 3. The predicted octanol–water partition coefficient (Wildman–Crippen LogP) is 1.13. The summed E-state index contributed by atoms with van der Waals surface area (Å²) >= 11 is 0. The summed E-state index contributed by atoms with van der Waals surface area (Å²) in [6, 6.07) is 4.22. The molecule has 38 heavy (non-hydrogen) atoms. The molecule has 0 bridgehead atoms. The van der Waals surface area contributed by atoms with E-state index in [9.17, 15) is 19.2 Å². The molecule has 2 heterocycles. The zero-order valence-electron chi connectivity index (χ0n) is 22.0. The van der Waals surface area contributed by atoms with Crippen LogP contribution in [0.3, 0.4) is 0 Å². The zero-order chi connectivity index (χ0) is 28.0. The van der Waals surface area contributed by atoms with Crippen molar-refractivity contribution in [3.8, 4) is 0 Å². The fourth-order valence-electron chi connectivity index (χ4n) is 5.66. The van der Waals surface area contributed by atoms with E-state index in [1.807, 2.05) is 11.8 Å². The smallest absolute Gasteiger partial charge is 0.414 e. The first-order valence-corrected chi connectivity index (χ1v) is 12.5. The molecule has 1 aromatic rings. The highest BCUT2D eigenvalue weighted by Crippen LogP contribution is 2.45. The Morgan fingerprint density at radius 2 is 1.95 bits per heavy atom. The van der Waals surface area contributed by atoms with E-state index in [0.717, 1.165) is 5.57 Å². The van der Waals surface area contributed by atoms with E-state index in [1.54, 1.807) is 37.3 Å². The van der Waals surface area contributed by atoms with Crippen molar-refractivity contribution < 1.29 is 28.3 Å². The number of ketones is 1. The first-order valence-electron chi connectivity index (χ1n) is 12.5. The van der Waals surface area contributed by atoms with Gasteiger partial charge in [0.25, 0.3) is 0 Å². The van der Waals surface area contributed by atoms with Crippen molar-refractivity contribution in [3.05, 3.63) is 53.4 Å². The predicted molar refractivity (Wildman–Crippen MR) is 139 cm³/mol. The fraction of sp³-hybridized carbons (Fsp3) is 0.481. The molecule has 3 aliphatic rings. The molecule has 11 heteroatoms. The van der Waals surface area contributed by atoms with Gasteiger partial charge in [-0.1, -0.05) is 31.2 Å². The number of nitrogens with two attached hydrogens (primary N) is 2. The molecule has 0 saturated carbocycles. The minimum absolute atomic E-state index is 0.171. The molecule has 3 unspecified atom stereocenters. The van der Waals surface area contributed by atoms with Gasteiger partial charge in [0.15, 0.2) is 5.78 Å². The average molecular weight is 528 g/mol. The second kappa shape index (κ2) is 9.95. The van der Waals surface area contributed by atoms with Gasteiger partial charge in [-0.25, -0.2) is 9.18 Å². The van der Waals surface area contributed by atoms with E-state index in [4.69, 9.17) is 16.2 Å². The number of hydrogen-bond donors (Lipinski definition) is 3. The van der Waals surface area contributed by atoms with Crippen LogP contribution < -0.4 is 21.7 Å². The van der Waals surface area contributed by atoms with Crippen molar-refractivity contribution >= 4 is 29.4 Å². The normalized spacial score (nSPS) is 27.3. The Morgan fingerprint density at radius 3 is 2.50 bits per heavy atom. The van der Waals surface area contributed by atoms with Crippen molar-refractivity contribution in [2.75, 3.05) is 31.1 Å². The number of ether oxygens (including phenoxy) is 1. The quantitative estimate of drug-likeness (QED) is 0.459. The van der Waals surface area contributed by atoms with E-state index in [1.165, 1.54) is 24.8 Å². The summed E-state index contributed by atoms with van der Waals surface area (Å²) in [5.41, 5.74) is 11.3. The number of primary amides is 1. The van der Waals surface area contributed by atoms with Gasteiger partial charge in [0, 0.05) is 31.5 Å². The van der Waals surface area contributed by atoms with E-state index in [0.29, 0.717) is 24.3 Å². The third kappa shape index (κ3) is 4.71. The van der Waals surface area contributed by atoms with Crippen molar-refractivity contribution in [1.82, 2.24) is 10.2 Å². The maximum absolute atomic E-state index is 15.5. The summed E-state index contributed by atoms with van der Waals surface area (Å²) in [7, 11) is 0. The van der Waals surface area contributed by atoms with Crippen molar-refractivity contribution in [1.29, 1.82) is 0 Å². The number of rotatable bonds is 8. The van der Waals surface area contributed by atoms with Gasteiger partial charge in [-0.3, -0.25) is 24.2 Å². The minimum Gasteiger partial charge on any atom is -0.442 e. The summed E-state index contributed by atoms with van der Waals surface area (Å²) in [6.07, 6.45) is 3.93. The lowest BCUT2D eigenvalue weighted by atomic mass is 9.66. The lowest BCUT2D eigenvalue weighted by Crippen LogP contribution is -2.72. The van der Waals surface area contributed by atoms with E-state index >= 15 is 4.39 Å². The van der Waals surface area contributed by atoms with Crippen LogP contribution in [0.25, 0.3) is 0 Å². The van der Waals surface area contributed by atoms with Gasteiger partial charge >= 0.3 is 6.09 Å². The van der Waals surface area contributed by atoms with Crippen LogP contribution in [0.15, 0.2) is 42.0 Å². The number of nitrogens with one attached hydrogen (secondary N) is 1. The number of cyclic esters (lactones) is 1. The van der Waals surface area contributed by atoms with Crippen molar-refractivity contribution in [3.63, 3.8) is 0 Å². The number of anilines is 1. The van der Waals surface area contributed by atoms with E-state index < -0.39 is 40.8 Å². The number of benzene rings is 1. The molecule has 1 aromatic carbocycles. The molecule has 5 N–H and O–H groups in total. The van der Waals surface area contributed by atoms with E-state index in [2.05, 4.69) is 5.32 Å². The average Bonchev–Trinajstić information content (AvgIpc) is 3.20. The van der Waals surface area contributed by atoms with Crippen LogP contribution in [0.2, 0.25) is 0 Å². The van der Waals surface area contributed by atoms with Gasteiger partial charge in [0.1, 0.15) is 17.5 Å². The molecule has 1 aliphatic carbocycles. The Hall–Kier alpha value is -3.57. The van der Waals surface area contributed by atoms with Gasteiger partial charge in [0.05, 0.1) is 24.7 Å². The third-order valence-corrected chi connectivity index (χ3v) is 7.71. The largest absolute Gasteiger partial charge is 0.442 e. The zero-order valence-corrected chi connectivity index (χ0v) is 22.0. The van der Waals surface area contributed by atoms with Crippen LogP contribution in [-0.4, -0.2) is 72.5 Å². The Balaban J connectivity index is 1.56. The number of nitrogens with zero attached hydrogens (tertiary/aromatic N) is 2. The molecule has 3 amide bonds. The van der Waals surface area contributed by atoms with Gasteiger partial charge in [-0.15, -0.1) is 0 Å². The Labute approximate surface area is 220 Å². The summed E-state index contributed by atoms with van der Waals surface area (Å²) in [5, 5.41) is 2.61. The third-order valence-electron chi connectivity index (χ3n) is 7.71. The first kappa shape index (κ1) is 27.5. The highest BCUT2D eigenvalue weighted by Gasteiger charge is 2.57. The number of carbonyl (C=O) groups is 4. The van der Waals surface area contributed by atoms with Crippen LogP contribution in [0.4, 0.5) is 14.9 Å². The molecule has 0 radical (unpaired) electrons. The maximum Gasteiger partial charge on any atom is 0.414 e. The Kier molecular flexibility index (Phi) is 7.19. The summed E-state index contributed by atoms with van der Waals surface area (Å²) in [5.74, 6) is -2.50. The molecule has 204 valence electrons. The molecule has 2 saturated heterocycles. The molecule has 4 rings (SSSR count). The summed E-state index contributed by atoms with van der Waals surface area (Å²) in [6.45, 7) is 7.42. The maximum atomic E-state index is 15.5. The SMILES string of the molecule is CC(=O)NC[C@H]1CN(c2ccc(C3(C)CN(C4(C(C)=O)C=C(C(C)N)C=CC4C(N)=O)C3)c(F)c2)C(=O)O1. The molecular weight excluding hydrogens is 493 g/mol. The van der Waals surface area contributed by atoms with Crippen LogP contribution in [0.1, 0.15) is 33.3 Å². The summed E-state index contributed by atoms with van der Waals surface area (Å²) < 4.78 is 20.7. The highest BCUT2D eigenvalue weighted by atomic mass is 19.1. The van der Waals surface area contributed by atoms with Gasteiger partial charge in [-0.2, -0.15) is 0 Å². The number of carbonyl (C=O) groups excluding carboxylic acids is 4. The lowest BCUT2D eigenvalue weighted by Gasteiger charge is -2.57. The van der Waals surface area contributed by atoms with Crippen LogP contribution in [-0.2, 0) is 24.5 Å². The molecule has 0 spiro atoms. The van der Waals surface area contributed by atoms with Gasteiger partial charge in [-0.05, 0) is 37.1 Å². The van der Waals surface area contributed by atoms with Gasteiger partial charge in [0.2, 0.25) is 11.8 Å². The van der Waals surface area contributed by atoms with Crippen LogP contribution in [0.5, 0.6) is 0 Å². The number of halogens is 1. The molecule has 2 fully saturated rings. The second-order valence-corrected chi connectivity index (χ2v) is 10.7. The molecular formula is C27H34FN5O5. The van der Waals surface area contributed by atoms with Crippen LogP contribution >= 0.6 is 0 Å². The monoisotopic (exact) mass is 527 g/mol. The fourth-order valence-corrected chi connectivity index (χ4v) is 5.66. The van der Waals surface area contributed by atoms with E-state index in [-0.39, 0.29) is 30.8 Å². The lowest BCUT2D eigenvalue weighted by molar-refractivity contribution is -0.141. The second-order valence-electron chi connectivity index (χ2n) is 10.7. The topological polar surface area (TPSA) is 148 Å². The molecule has 0 aromatic heterocycles.